The molecule has 2 rings (SSSR count). The van der Waals surface area contributed by atoms with E-state index in [9.17, 15) is 22.0 Å². The Hall–Kier alpha value is -0.350. The summed E-state index contributed by atoms with van der Waals surface area (Å²) in [6, 6.07) is 0. The minimum Gasteiger partial charge on any atom is -0.244 e. The molecule has 0 radical (unpaired) electrons. The number of alkyl halides is 5. The third-order valence-corrected chi connectivity index (χ3v) is 6.16. The SMILES string of the molecule is CCCC(CC)C1CCC(C2C(F)C(F)C(F)[C@H](F)C2F)CC1. The lowest BCUT2D eigenvalue weighted by atomic mass is 9.66. The molecule has 23 heavy (non-hydrogen) atoms. The second kappa shape index (κ2) is 8.15. The summed E-state index contributed by atoms with van der Waals surface area (Å²) >= 11 is 0. The second-order valence-corrected chi connectivity index (χ2v) is 7.43. The average Bonchev–Trinajstić information content (AvgIpc) is 2.57. The van der Waals surface area contributed by atoms with Crippen LogP contribution in [-0.4, -0.2) is 30.9 Å². The zero-order valence-electron chi connectivity index (χ0n) is 14.0. The molecule has 7 atom stereocenters. The third-order valence-electron chi connectivity index (χ3n) is 6.16. The minimum atomic E-state index is -2.68. The van der Waals surface area contributed by atoms with Crippen molar-refractivity contribution in [3.05, 3.63) is 0 Å². The van der Waals surface area contributed by atoms with E-state index in [0.717, 1.165) is 32.1 Å². The van der Waals surface area contributed by atoms with Crippen molar-refractivity contribution in [3.8, 4) is 0 Å². The lowest BCUT2D eigenvalue weighted by Gasteiger charge is -2.43. The molecule has 0 aromatic rings. The van der Waals surface area contributed by atoms with Gasteiger partial charge in [-0.25, -0.2) is 22.0 Å². The zero-order valence-corrected chi connectivity index (χ0v) is 14.0. The molecule has 0 aliphatic heterocycles. The maximum absolute atomic E-state index is 14.1. The van der Waals surface area contributed by atoms with E-state index < -0.39 is 36.8 Å². The average molecular weight is 340 g/mol. The zero-order chi connectivity index (χ0) is 17.1. The first-order valence-electron chi connectivity index (χ1n) is 9.12. The van der Waals surface area contributed by atoms with Gasteiger partial charge in [-0.05, 0) is 43.4 Å². The molecule has 5 heteroatoms. The molecular formula is C18H29F5. The van der Waals surface area contributed by atoms with Crippen LogP contribution >= 0.6 is 0 Å². The summed E-state index contributed by atoms with van der Waals surface area (Å²) in [5, 5.41) is 0. The molecule has 0 bridgehead atoms. The maximum atomic E-state index is 14.1. The van der Waals surface area contributed by atoms with E-state index in [2.05, 4.69) is 13.8 Å². The number of hydrogen-bond donors (Lipinski definition) is 0. The van der Waals surface area contributed by atoms with Gasteiger partial charge in [-0.3, -0.25) is 0 Å². The fraction of sp³-hybridized carbons (Fsp3) is 1.00. The van der Waals surface area contributed by atoms with Crippen molar-refractivity contribution in [2.75, 3.05) is 0 Å². The molecule has 2 aliphatic carbocycles. The van der Waals surface area contributed by atoms with Gasteiger partial charge in [-0.15, -0.1) is 0 Å². The van der Waals surface area contributed by atoms with Gasteiger partial charge in [0.2, 0.25) is 0 Å². The van der Waals surface area contributed by atoms with E-state index in [0.29, 0.717) is 24.7 Å². The molecule has 6 unspecified atom stereocenters. The Balaban J connectivity index is 1.98. The van der Waals surface area contributed by atoms with Crippen molar-refractivity contribution in [2.24, 2.45) is 23.7 Å². The van der Waals surface area contributed by atoms with Gasteiger partial charge in [0, 0.05) is 5.92 Å². The Labute approximate surface area is 136 Å². The summed E-state index contributed by atoms with van der Waals surface area (Å²) in [5.74, 6) is -0.557. The van der Waals surface area contributed by atoms with Crippen LogP contribution in [0.5, 0.6) is 0 Å². The lowest BCUT2D eigenvalue weighted by molar-refractivity contribution is -0.110. The minimum absolute atomic E-state index is 0.376. The summed E-state index contributed by atoms with van der Waals surface area (Å²) in [7, 11) is 0. The van der Waals surface area contributed by atoms with Crippen LogP contribution in [0.2, 0.25) is 0 Å². The molecule has 0 nitrogen and oxygen atoms in total. The molecular weight excluding hydrogens is 311 g/mol. The molecule has 136 valence electrons. The highest BCUT2D eigenvalue weighted by atomic mass is 19.2. The molecule has 0 aromatic carbocycles. The predicted octanol–water partition coefficient (Wildman–Crippen LogP) is 5.94. The fourth-order valence-corrected chi connectivity index (χ4v) is 4.79. The summed E-state index contributed by atoms with van der Waals surface area (Å²) in [4.78, 5) is 0. The predicted molar refractivity (Wildman–Crippen MR) is 82.1 cm³/mol. The summed E-state index contributed by atoms with van der Waals surface area (Å²) in [6.45, 7) is 4.30. The third kappa shape index (κ3) is 3.84. The van der Waals surface area contributed by atoms with Crippen LogP contribution in [0.1, 0.15) is 58.8 Å². The molecule has 0 N–H and O–H groups in total. The van der Waals surface area contributed by atoms with E-state index >= 15 is 0 Å². The van der Waals surface area contributed by atoms with Gasteiger partial charge in [0.15, 0.2) is 18.5 Å². The number of hydrogen-bond acceptors (Lipinski definition) is 0. The fourth-order valence-electron chi connectivity index (χ4n) is 4.79. The Kier molecular flexibility index (Phi) is 6.73. The maximum Gasteiger partial charge on any atom is 0.168 e. The first kappa shape index (κ1) is 19.0. The Morgan fingerprint density at radius 2 is 1.22 bits per heavy atom. The van der Waals surface area contributed by atoms with E-state index in [-0.39, 0.29) is 5.92 Å². The van der Waals surface area contributed by atoms with Gasteiger partial charge in [0.1, 0.15) is 12.3 Å². The van der Waals surface area contributed by atoms with Gasteiger partial charge in [-0.2, -0.15) is 0 Å². The van der Waals surface area contributed by atoms with E-state index in [4.69, 9.17) is 0 Å². The second-order valence-electron chi connectivity index (χ2n) is 7.43. The van der Waals surface area contributed by atoms with Gasteiger partial charge in [0.05, 0.1) is 0 Å². The molecule has 0 heterocycles. The quantitative estimate of drug-likeness (QED) is 0.543. The van der Waals surface area contributed by atoms with Crippen molar-refractivity contribution < 1.29 is 22.0 Å². The number of rotatable bonds is 5. The lowest BCUT2D eigenvalue weighted by Crippen LogP contribution is -2.55. The Bertz CT molecular complexity index is 339. The molecule has 0 aromatic heterocycles. The van der Waals surface area contributed by atoms with Crippen molar-refractivity contribution in [3.63, 3.8) is 0 Å². The first-order chi connectivity index (χ1) is 10.9. The molecule has 0 spiro atoms. The highest BCUT2D eigenvalue weighted by molar-refractivity contribution is 5.02. The van der Waals surface area contributed by atoms with E-state index in [1.165, 1.54) is 0 Å². The molecule has 0 amide bonds. The summed E-state index contributed by atoms with van der Waals surface area (Å²) < 4.78 is 68.7. The van der Waals surface area contributed by atoms with E-state index in [1.54, 1.807) is 0 Å². The van der Waals surface area contributed by atoms with Crippen molar-refractivity contribution in [2.45, 2.75) is 89.7 Å². The van der Waals surface area contributed by atoms with Crippen LogP contribution < -0.4 is 0 Å². The summed E-state index contributed by atoms with van der Waals surface area (Å²) in [6.07, 6.45) is -5.98. The van der Waals surface area contributed by atoms with Crippen molar-refractivity contribution >= 4 is 0 Å². The molecule has 2 fully saturated rings. The van der Waals surface area contributed by atoms with Crippen LogP contribution in [0.25, 0.3) is 0 Å². The van der Waals surface area contributed by atoms with Crippen LogP contribution in [0.4, 0.5) is 22.0 Å². The van der Waals surface area contributed by atoms with Gasteiger partial charge >= 0.3 is 0 Å². The topological polar surface area (TPSA) is 0 Å². The van der Waals surface area contributed by atoms with Crippen molar-refractivity contribution in [1.82, 2.24) is 0 Å². The normalized spacial score (nSPS) is 46.6. The Morgan fingerprint density at radius 3 is 1.65 bits per heavy atom. The van der Waals surface area contributed by atoms with Crippen LogP contribution in [0.15, 0.2) is 0 Å². The van der Waals surface area contributed by atoms with Gasteiger partial charge in [0.25, 0.3) is 0 Å². The molecule has 0 saturated heterocycles. The smallest absolute Gasteiger partial charge is 0.168 e. The van der Waals surface area contributed by atoms with Crippen molar-refractivity contribution in [1.29, 1.82) is 0 Å². The van der Waals surface area contributed by atoms with Crippen LogP contribution in [0, 0.1) is 23.7 Å². The standard InChI is InChI=1S/C18H29F5/c1-3-5-10(4-2)11-6-8-12(9-7-11)13-14(19)16(21)18(23)17(22)15(13)20/h10-18H,3-9H2,1-2H3/t10?,11?,12?,13?,14?,15?,16-,17?,18?/m1/s1. The van der Waals surface area contributed by atoms with Crippen LogP contribution in [0.3, 0.4) is 0 Å². The monoisotopic (exact) mass is 340 g/mol. The summed E-state index contributed by atoms with van der Waals surface area (Å²) in [5.41, 5.74) is 0. The highest BCUT2D eigenvalue weighted by Gasteiger charge is 2.55. The van der Waals surface area contributed by atoms with Gasteiger partial charge in [-0.1, -0.05) is 33.1 Å². The van der Waals surface area contributed by atoms with Crippen LogP contribution in [-0.2, 0) is 0 Å². The number of halogens is 5. The largest absolute Gasteiger partial charge is 0.244 e. The van der Waals surface area contributed by atoms with Gasteiger partial charge < -0.3 is 0 Å². The first-order valence-corrected chi connectivity index (χ1v) is 9.12. The highest BCUT2D eigenvalue weighted by Crippen LogP contribution is 2.46. The van der Waals surface area contributed by atoms with E-state index in [1.807, 2.05) is 0 Å². The molecule has 2 saturated carbocycles. The molecule has 2 aliphatic rings. The Morgan fingerprint density at radius 1 is 0.739 bits per heavy atom.